The standard InChI is InChI=1S/C6H5Br2O3PS/c7-4-2-1-3-5(8)6(4)13-12(9,10)11/h1-3H,(H2,9,10,11)/p-2. The minimum Gasteiger partial charge on any atom is -0.803 e. The molecule has 0 aromatic heterocycles. The molecule has 1 aromatic carbocycles. The van der Waals surface area contributed by atoms with Gasteiger partial charge >= 0.3 is 0 Å². The first-order valence-corrected chi connectivity index (χ1v) is 7.61. The van der Waals surface area contributed by atoms with Crippen LogP contribution in [-0.4, -0.2) is 0 Å². The normalized spacial score (nSPS) is 11.7. The lowest BCUT2D eigenvalue weighted by atomic mass is 10.4. The van der Waals surface area contributed by atoms with E-state index in [2.05, 4.69) is 31.9 Å². The Morgan fingerprint density at radius 3 is 2.08 bits per heavy atom. The molecule has 0 N–H and O–H groups in total. The smallest absolute Gasteiger partial charge is 0.0408 e. The molecule has 72 valence electrons. The highest BCUT2D eigenvalue weighted by Crippen LogP contribution is 2.51. The zero-order chi connectivity index (χ0) is 10.1. The van der Waals surface area contributed by atoms with Gasteiger partial charge in [0.25, 0.3) is 0 Å². The van der Waals surface area contributed by atoms with E-state index in [0.717, 1.165) is 0 Å². The highest BCUT2D eigenvalue weighted by Gasteiger charge is 2.06. The molecule has 0 fully saturated rings. The first-order chi connectivity index (χ1) is 5.90. The van der Waals surface area contributed by atoms with Crippen molar-refractivity contribution in [1.82, 2.24) is 0 Å². The van der Waals surface area contributed by atoms with E-state index in [4.69, 9.17) is 0 Å². The molecule has 1 aromatic rings. The van der Waals surface area contributed by atoms with Crippen LogP contribution in [0.25, 0.3) is 0 Å². The summed E-state index contributed by atoms with van der Waals surface area (Å²) < 4.78 is 11.7. The Balaban J connectivity index is 3.07. The lowest BCUT2D eigenvalue weighted by molar-refractivity contribution is -0.302. The highest BCUT2D eigenvalue weighted by molar-refractivity contribution is 9.11. The predicted molar refractivity (Wildman–Crippen MR) is 55.3 cm³/mol. The van der Waals surface area contributed by atoms with E-state index in [-0.39, 0.29) is 0 Å². The SMILES string of the molecule is O=P([O-])([O-])Sc1c(Br)cccc1Br. The van der Waals surface area contributed by atoms with Crippen molar-refractivity contribution in [3.63, 3.8) is 0 Å². The van der Waals surface area contributed by atoms with Crippen molar-refractivity contribution in [2.75, 3.05) is 0 Å². The number of hydrogen-bond donors (Lipinski definition) is 0. The monoisotopic (exact) mass is 344 g/mol. The van der Waals surface area contributed by atoms with Gasteiger partial charge in [0, 0.05) is 13.8 Å². The number of benzene rings is 1. The zero-order valence-corrected chi connectivity index (χ0v) is 11.0. The van der Waals surface area contributed by atoms with Crippen molar-refractivity contribution in [3.8, 4) is 0 Å². The minimum atomic E-state index is -4.58. The third-order valence-corrected chi connectivity index (χ3v) is 5.03. The van der Waals surface area contributed by atoms with Crippen molar-refractivity contribution < 1.29 is 14.4 Å². The Hall–Kier alpha value is 0.680. The van der Waals surface area contributed by atoms with Gasteiger partial charge in [0.2, 0.25) is 0 Å². The van der Waals surface area contributed by atoms with E-state index in [1.165, 1.54) is 0 Å². The second-order valence-electron chi connectivity index (χ2n) is 2.09. The summed E-state index contributed by atoms with van der Waals surface area (Å²) in [6.07, 6.45) is 0. The molecule has 7 heteroatoms. The van der Waals surface area contributed by atoms with Gasteiger partial charge in [-0.25, -0.2) is 0 Å². The Labute approximate surface area is 96.1 Å². The predicted octanol–water partition coefficient (Wildman–Crippen LogP) is 2.13. The van der Waals surface area contributed by atoms with Crippen LogP contribution in [-0.2, 0) is 4.57 Å². The van der Waals surface area contributed by atoms with E-state index >= 15 is 0 Å². The van der Waals surface area contributed by atoms with Gasteiger partial charge in [-0.1, -0.05) is 17.4 Å². The molecule has 0 aliphatic rings. The fourth-order valence-corrected chi connectivity index (χ4v) is 4.71. The molecule has 0 unspecified atom stereocenters. The van der Waals surface area contributed by atoms with Gasteiger partial charge in [-0.15, -0.1) is 0 Å². The van der Waals surface area contributed by atoms with Gasteiger partial charge in [-0.2, -0.15) is 0 Å². The molecule has 0 aliphatic carbocycles. The molecule has 3 nitrogen and oxygen atoms in total. The Bertz CT molecular complexity index is 345. The lowest BCUT2D eigenvalue weighted by Gasteiger charge is -2.28. The van der Waals surface area contributed by atoms with Crippen LogP contribution in [0, 0.1) is 0 Å². The maximum atomic E-state index is 10.5. The molecule has 0 spiro atoms. The van der Waals surface area contributed by atoms with Crippen LogP contribution in [0.4, 0.5) is 0 Å². The van der Waals surface area contributed by atoms with Gasteiger partial charge in [0.1, 0.15) is 0 Å². The molecule has 0 amide bonds. The molecule has 0 saturated heterocycles. The number of rotatable bonds is 2. The molecule has 0 saturated carbocycles. The number of halogens is 2. The van der Waals surface area contributed by atoms with E-state index < -0.39 is 6.80 Å². The topological polar surface area (TPSA) is 63.2 Å². The summed E-state index contributed by atoms with van der Waals surface area (Å²) in [4.78, 5) is 21.4. The van der Waals surface area contributed by atoms with Crippen molar-refractivity contribution in [2.24, 2.45) is 0 Å². The average Bonchev–Trinajstić information content (AvgIpc) is 1.95. The number of hydrogen-bond acceptors (Lipinski definition) is 4. The summed E-state index contributed by atoms with van der Waals surface area (Å²) in [5.74, 6) is 0. The van der Waals surface area contributed by atoms with Crippen LogP contribution < -0.4 is 9.79 Å². The van der Waals surface area contributed by atoms with Crippen LogP contribution in [0.5, 0.6) is 0 Å². The maximum Gasteiger partial charge on any atom is 0.0408 e. The summed E-state index contributed by atoms with van der Waals surface area (Å²) in [5.41, 5.74) is 0. The van der Waals surface area contributed by atoms with Gasteiger partial charge < -0.3 is 14.4 Å². The molecule has 0 atom stereocenters. The van der Waals surface area contributed by atoms with Gasteiger partial charge in [0.15, 0.2) is 0 Å². The van der Waals surface area contributed by atoms with Crippen molar-refractivity contribution in [1.29, 1.82) is 0 Å². The average molecular weight is 346 g/mol. The first-order valence-electron chi connectivity index (χ1n) is 3.06. The summed E-state index contributed by atoms with van der Waals surface area (Å²) in [6.45, 7) is -4.58. The summed E-state index contributed by atoms with van der Waals surface area (Å²) in [6, 6.07) is 5.07. The Morgan fingerprint density at radius 2 is 1.69 bits per heavy atom. The van der Waals surface area contributed by atoms with Crippen molar-refractivity contribution >= 4 is 50.0 Å². The van der Waals surface area contributed by atoms with E-state index in [1.807, 2.05) is 0 Å². The molecule has 0 bridgehead atoms. The highest BCUT2D eigenvalue weighted by atomic mass is 79.9. The van der Waals surface area contributed by atoms with Crippen molar-refractivity contribution in [2.45, 2.75) is 4.90 Å². The van der Waals surface area contributed by atoms with Crippen LogP contribution in [0.3, 0.4) is 0 Å². The minimum absolute atomic E-state index is 0.305. The largest absolute Gasteiger partial charge is 0.803 e. The van der Waals surface area contributed by atoms with Gasteiger partial charge in [0.05, 0.1) is 0 Å². The van der Waals surface area contributed by atoms with Crippen molar-refractivity contribution in [3.05, 3.63) is 27.1 Å². The summed E-state index contributed by atoms with van der Waals surface area (Å²) >= 11 is 6.60. The third-order valence-electron chi connectivity index (χ3n) is 1.12. The molecular formula is C6H3Br2O3PS-2. The maximum absolute atomic E-state index is 10.5. The molecular weight excluding hydrogens is 343 g/mol. The zero-order valence-electron chi connectivity index (χ0n) is 6.07. The fraction of sp³-hybridized carbons (Fsp3) is 0. The van der Waals surface area contributed by atoms with Gasteiger partial charge in [-0.05, 0) is 50.8 Å². The lowest BCUT2D eigenvalue weighted by Crippen LogP contribution is -2.09. The van der Waals surface area contributed by atoms with Crippen LogP contribution >= 0.6 is 50.0 Å². The summed E-state index contributed by atoms with van der Waals surface area (Å²) in [7, 11) is 0. The molecule has 0 radical (unpaired) electrons. The summed E-state index contributed by atoms with van der Waals surface area (Å²) in [5, 5.41) is 0. The second kappa shape index (κ2) is 4.47. The fourth-order valence-electron chi connectivity index (χ4n) is 0.682. The molecule has 13 heavy (non-hydrogen) atoms. The molecule has 1 rings (SSSR count). The Kier molecular flexibility index (Phi) is 4.04. The van der Waals surface area contributed by atoms with Crippen LogP contribution in [0.1, 0.15) is 0 Å². The Morgan fingerprint density at radius 1 is 1.23 bits per heavy atom. The van der Waals surface area contributed by atoms with Gasteiger partial charge in [-0.3, -0.25) is 0 Å². The molecule has 0 heterocycles. The van der Waals surface area contributed by atoms with E-state index in [0.29, 0.717) is 25.2 Å². The quantitative estimate of drug-likeness (QED) is 0.770. The first kappa shape index (κ1) is 11.8. The second-order valence-corrected chi connectivity index (χ2v) is 7.17. The molecule has 0 aliphatic heterocycles. The van der Waals surface area contributed by atoms with E-state index in [9.17, 15) is 14.4 Å². The van der Waals surface area contributed by atoms with E-state index in [1.54, 1.807) is 18.2 Å². The van der Waals surface area contributed by atoms with Crippen LogP contribution in [0.2, 0.25) is 0 Å². The van der Waals surface area contributed by atoms with Crippen LogP contribution in [0.15, 0.2) is 32.0 Å². The third kappa shape index (κ3) is 3.73.